The van der Waals surface area contributed by atoms with Crippen molar-refractivity contribution in [1.29, 1.82) is 0 Å². The van der Waals surface area contributed by atoms with Gasteiger partial charge in [0, 0.05) is 11.8 Å². The summed E-state index contributed by atoms with van der Waals surface area (Å²) in [4.78, 5) is 10.9. The number of carbonyl (C=O) groups is 1. The van der Waals surface area contributed by atoms with E-state index in [9.17, 15) is 4.79 Å². The minimum Gasteiger partial charge on any atom is -0.285 e. The molecular formula is C9H12O. The van der Waals surface area contributed by atoms with Crippen molar-refractivity contribution < 1.29 is 4.79 Å². The molecule has 1 heteroatoms. The van der Waals surface area contributed by atoms with E-state index < -0.39 is 0 Å². The predicted octanol–water partition coefficient (Wildman–Crippen LogP) is 1.62. The van der Waals surface area contributed by atoms with E-state index >= 15 is 0 Å². The van der Waals surface area contributed by atoms with Gasteiger partial charge in [0.2, 0.25) is 5.78 Å². The van der Waals surface area contributed by atoms with Crippen molar-refractivity contribution in [2.24, 2.45) is 11.8 Å². The number of ketones is 1. The average molecular weight is 136 g/mol. The molecule has 1 nitrogen and oxygen atoms in total. The van der Waals surface area contributed by atoms with E-state index in [1.54, 1.807) is 0 Å². The van der Waals surface area contributed by atoms with Gasteiger partial charge in [0.05, 0.1) is 0 Å². The van der Waals surface area contributed by atoms with E-state index in [1.165, 1.54) is 12.8 Å². The summed E-state index contributed by atoms with van der Waals surface area (Å²) in [6.07, 6.45) is 2.39. The van der Waals surface area contributed by atoms with Gasteiger partial charge in [-0.15, -0.1) is 0 Å². The van der Waals surface area contributed by atoms with Crippen LogP contribution in [0.5, 0.6) is 0 Å². The molecule has 54 valence electrons. The summed E-state index contributed by atoms with van der Waals surface area (Å²) < 4.78 is 0. The van der Waals surface area contributed by atoms with Crippen molar-refractivity contribution in [2.45, 2.75) is 26.7 Å². The number of rotatable bonds is 1. The van der Waals surface area contributed by atoms with Crippen LogP contribution in [0.25, 0.3) is 0 Å². The molecule has 1 aliphatic carbocycles. The molecule has 0 unspecified atom stereocenters. The molecule has 1 fully saturated rings. The molecule has 0 atom stereocenters. The van der Waals surface area contributed by atoms with Gasteiger partial charge in [0.25, 0.3) is 0 Å². The maximum Gasteiger partial charge on any atom is 0.207 e. The van der Waals surface area contributed by atoms with Crippen LogP contribution >= 0.6 is 0 Å². The summed E-state index contributed by atoms with van der Waals surface area (Å²) in [5.41, 5.74) is 0. The lowest BCUT2D eigenvalue weighted by atomic mass is 10.1. The summed E-state index contributed by atoms with van der Waals surface area (Å²) in [6, 6.07) is 0. The Morgan fingerprint density at radius 2 is 2.10 bits per heavy atom. The van der Waals surface area contributed by atoms with Gasteiger partial charge in [-0.3, -0.25) is 4.79 Å². The molecule has 0 saturated heterocycles. The minimum absolute atomic E-state index is 0.0752. The Morgan fingerprint density at radius 1 is 1.50 bits per heavy atom. The van der Waals surface area contributed by atoms with Crippen LogP contribution in [-0.2, 0) is 4.79 Å². The summed E-state index contributed by atoms with van der Waals surface area (Å²) >= 11 is 0. The molecule has 0 radical (unpaired) electrons. The quantitative estimate of drug-likeness (QED) is 0.395. The Morgan fingerprint density at radius 3 is 2.50 bits per heavy atom. The molecule has 0 aromatic carbocycles. The molecule has 0 aromatic heterocycles. The van der Waals surface area contributed by atoms with Crippen LogP contribution < -0.4 is 0 Å². The van der Waals surface area contributed by atoms with Crippen molar-refractivity contribution in [3.63, 3.8) is 0 Å². The topological polar surface area (TPSA) is 17.1 Å². The molecule has 0 aliphatic heterocycles. The van der Waals surface area contributed by atoms with Gasteiger partial charge in [-0.25, -0.2) is 0 Å². The fourth-order valence-electron chi connectivity index (χ4n) is 0.545. The molecule has 0 amide bonds. The molecular weight excluding hydrogens is 124 g/mol. The summed E-state index contributed by atoms with van der Waals surface area (Å²) in [6.45, 7) is 3.76. The lowest BCUT2D eigenvalue weighted by molar-refractivity contribution is -0.116. The van der Waals surface area contributed by atoms with Crippen LogP contribution in [0.4, 0.5) is 0 Å². The highest BCUT2D eigenvalue weighted by Gasteiger charge is 2.18. The van der Waals surface area contributed by atoms with Gasteiger partial charge in [-0.1, -0.05) is 19.8 Å². The SMILES string of the molecule is CC(C)C(=O)C#CC1CC1. The van der Waals surface area contributed by atoms with Crippen molar-refractivity contribution in [2.75, 3.05) is 0 Å². The third-order valence-corrected chi connectivity index (χ3v) is 1.50. The van der Waals surface area contributed by atoms with Crippen molar-refractivity contribution in [3.8, 4) is 11.8 Å². The van der Waals surface area contributed by atoms with Gasteiger partial charge < -0.3 is 0 Å². The van der Waals surface area contributed by atoms with Crippen LogP contribution in [0.2, 0.25) is 0 Å². The first-order valence-electron chi connectivity index (χ1n) is 3.75. The molecule has 1 aliphatic rings. The van der Waals surface area contributed by atoms with Gasteiger partial charge in [0.1, 0.15) is 0 Å². The molecule has 1 rings (SSSR count). The number of hydrogen-bond donors (Lipinski definition) is 0. The largest absolute Gasteiger partial charge is 0.285 e. The molecule has 0 aromatic rings. The molecule has 1 saturated carbocycles. The summed E-state index contributed by atoms with van der Waals surface area (Å²) in [7, 11) is 0. The van der Waals surface area contributed by atoms with E-state index in [0.717, 1.165) is 0 Å². The van der Waals surface area contributed by atoms with Crippen molar-refractivity contribution in [1.82, 2.24) is 0 Å². The van der Waals surface area contributed by atoms with Crippen LogP contribution in [0, 0.1) is 23.7 Å². The highest BCUT2D eigenvalue weighted by molar-refractivity contribution is 5.96. The van der Waals surface area contributed by atoms with E-state index in [0.29, 0.717) is 5.92 Å². The number of hydrogen-bond acceptors (Lipinski definition) is 1. The highest BCUT2D eigenvalue weighted by Crippen LogP contribution is 2.27. The zero-order valence-electron chi connectivity index (χ0n) is 6.48. The maximum absolute atomic E-state index is 10.9. The van der Waals surface area contributed by atoms with E-state index in [-0.39, 0.29) is 11.7 Å². The molecule has 0 spiro atoms. The standard InChI is InChI=1S/C9H12O/c1-7(2)9(10)6-5-8-3-4-8/h7-8H,3-4H2,1-2H3. The van der Waals surface area contributed by atoms with Gasteiger partial charge in [-0.05, 0) is 18.8 Å². The zero-order chi connectivity index (χ0) is 7.56. The lowest BCUT2D eigenvalue weighted by Crippen LogP contribution is -2.02. The van der Waals surface area contributed by atoms with Gasteiger partial charge in [0.15, 0.2) is 0 Å². The first kappa shape index (κ1) is 7.34. The third kappa shape index (κ3) is 2.23. The number of carbonyl (C=O) groups excluding carboxylic acids is 1. The zero-order valence-corrected chi connectivity index (χ0v) is 6.48. The maximum atomic E-state index is 10.9. The van der Waals surface area contributed by atoms with E-state index in [1.807, 2.05) is 13.8 Å². The van der Waals surface area contributed by atoms with Crippen LogP contribution in [-0.4, -0.2) is 5.78 Å². The Hall–Kier alpha value is -0.770. The number of Topliss-reactive ketones (excluding diaryl/α,β-unsaturated/α-hetero) is 1. The first-order chi connectivity index (χ1) is 4.70. The molecule has 0 N–H and O–H groups in total. The third-order valence-electron chi connectivity index (χ3n) is 1.50. The smallest absolute Gasteiger partial charge is 0.207 e. The second-order valence-electron chi connectivity index (χ2n) is 3.06. The fourth-order valence-corrected chi connectivity index (χ4v) is 0.545. The monoisotopic (exact) mass is 136 g/mol. The average Bonchev–Trinajstić information content (AvgIpc) is 2.64. The van der Waals surface area contributed by atoms with Crippen LogP contribution in [0.3, 0.4) is 0 Å². The minimum atomic E-state index is 0.0752. The second kappa shape index (κ2) is 2.88. The summed E-state index contributed by atoms with van der Waals surface area (Å²) in [5, 5.41) is 0. The van der Waals surface area contributed by atoms with Gasteiger partial charge in [-0.2, -0.15) is 0 Å². The fraction of sp³-hybridized carbons (Fsp3) is 0.667. The van der Waals surface area contributed by atoms with E-state index in [4.69, 9.17) is 0 Å². The first-order valence-corrected chi connectivity index (χ1v) is 3.75. The van der Waals surface area contributed by atoms with Crippen molar-refractivity contribution >= 4 is 5.78 Å². The second-order valence-corrected chi connectivity index (χ2v) is 3.06. The molecule has 10 heavy (non-hydrogen) atoms. The van der Waals surface area contributed by atoms with Crippen LogP contribution in [0.15, 0.2) is 0 Å². The Kier molecular flexibility index (Phi) is 2.11. The highest BCUT2D eigenvalue weighted by atomic mass is 16.1. The Labute approximate surface area is 61.8 Å². The Balaban J connectivity index is 2.37. The Bertz CT molecular complexity index is 189. The predicted molar refractivity (Wildman–Crippen MR) is 40.3 cm³/mol. The van der Waals surface area contributed by atoms with Crippen LogP contribution in [0.1, 0.15) is 26.7 Å². The normalized spacial score (nSPS) is 16.3. The summed E-state index contributed by atoms with van der Waals surface area (Å²) in [5.74, 6) is 6.29. The van der Waals surface area contributed by atoms with Crippen molar-refractivity contribution in [3.05, 3.63) is 0 Å². The molecule has 0 heterocycles. The molecule has 0 bridgehead atoms. The lowest BCUT2D eigenvalue weighted by Gasteiger charge is -1.91. The van der Waals surface area contributed by atoms with E-state index in [2.05, 4.69) is 11.8 Å². The van der Waals surface area contributed by atoms with Gasteiger partial charge >= 0.3 is 0 Å².